The van der Waals surface area contributed by atoms with Crippen molar-refractivity contribution in [2.75, 3.05) is 19.8 Å². The molecule has 0 aromatic carbocycles. The number of ether oxygens (including phenoxy) is 2. The number of aliphatic hydroxyl groups is 4. The Morgan fingerprint density at radius 1 is 1.30 bits per heavy atom. The lowest BCUT2D eigenvalue weighted by atomic mass is 9.72. The highest BCUT2D eigenvalue weighted by molar-refractivity contribution is 5.33. The molecule has 1 unspecified atom stereocenters. The van der Waals surface area contributed by atoms with Crippen molar-refractivity contribution in [1.82, 2.24) is 0 Å². The topological polar surface area (TPSA) is 99.4 Å². The maximum absolute atomic E-state index is 10.0. The van der Waals surface area contributed by atoms with Gasteiger partial charge in [-0.25, -0.2) is 0 Å². The molecule has 2 rings (SSSR count). The van der Waals surface area contributed by atoms with Crippen molar-refractivity contribution in [2.24, 2.45) is 5.41 Å². The van der Waals surface area contributed by atoms with Gasteiger partial charge in [-0.3, -0.25) is 0 Å². The lowest BCUT2D eigenvalue weighted by molar-refractivity contribution is -0.0434. The minimum Gasteiger partial charge on any atom is -0.508 e. The third-order valence-electron chi connectivity index (χ3n) is 4.20. The molecule has 4 N–H and O–H groups in total. The molecule has 0 bridgehead atoms. The summed E-state index contributed by atoms with van der Waals surface area (Å²) >= 11 is 0. The molecule has 2 aliphatic rings. The van der Waals surface area contributed by atoms with Crippen LogP contribution in [-0.4, -0.2) is 52.5 Å². The van der Waals surface area contributed by atoms with Gasteiger partial charge in [0.05, 0.1) is 18.8 Å². The second kappa shape index (κ2) is 6.03. The van der Waals surface area contributed by atoms with Gasteiger partial charge in [0.15, 0.2) is 0 Å². The van der Waals surface area contributed by atoms with Crippen LogP contribution in [0, 0.1) is 5.41 Å². The molecule has 0 spiro atoms. The molecule has 0 aromatic rings. The van der Waals surface area contributed by atoms with E-state index >= 15 is 0 Å². The molecule has 114 valence electrons. The SMILES string of the molecule is CC(CCO)(C1=C(O)COC(O)=C1)[C@H]1CC[C@@H](CO)O1. The van der Waals surface area contributed by atoms with Crippen LogP contribution in [0.25, 0.3) is 0 Å². The molecule has 0 aromatic heterocycles. The average molecular weight is 286 g/mol. The lowest BCUT2D eigenvalue weighted by Crippen LogP contribution is -2.37. The Bertz CT molecular complexity index is 416. The van der Waals surface area contributed by atoms with E-state index < -0.39 is 5.41 Å². The minimum absolute atomic E-state index is 0.0369. The third kappa shape index (κ3) is 2.77. The Morgan fingerprint density at radius 3 is 2.65 bits per heavy atom. The van der Waals surface area contributed by atoms with E-state index in [1.807, 2.05) is 6.92 Å². The smallest absolute Gasteiger partial charge is 0.277 e. The van der Waals surface area contributed by atoms with Gasteiger partial charge in [0, 0.05) is 23.7 Å². The van der Waals surface area contributed by atoms with Gasteiger partial charge in [0.25, 0.3) is 5.95 Å². The summed E-state index contributed by atoms with van der Waals surface area (Å²) in [7, 11) is 0. The van der Waals surface area contributed by atoms with E-state index in [2.05, 4.69) is 0 Å². The number of allylic oxidation sites excluding steroid dienone is 1. The molecule has 6 nitrogen and oxygen atoms in total. The molecule has 1 saturated heterocycles. The van der Waals surface area contributed by atoms with Crippen LogP contribution in [0.1, 0.15) is 26.2 Å². The predicted molar refractivity (Wildman–Crippen MR) is 71.1 cm³/mol. The summed E-state index contributed by atoms with van der Waals surface area (Å²) in [6.07, 6.45) is 2.80. The van der Waals surface area contributed by atoms with Gasteiger partial charge >= 0.3 is 0 Å². The van der Waals surface area contributed by atoms with E-state index in [0.29, 0.717) is 12.0 Å². The maximum atomic E-state index is 10.0. The second-order valence-corrected chi connectivity index (χ2v) is 5.53. The first-order chi connectivity index (χ1) is 9.51. The normalized spacial score (nSPS) is 29.9. The van der Waals surface area contributed by atoms with Crippen molar-refractivity contribution in [2.45, 2.75) is 38.4 Å². The van der Waals surface area contributed by atoms with Crippen LogP contribution >= 0.6 is 0 Å². The predicted octanol–water partition coefficient (Wildman–Crippen LogP) is 1.16. The van der Waals surface area contributed by atoms with Crippen LogP contribution in [0.15, 0.2) is 23.4 Å². The molecule has 2 heterocycles. The second-order valence-electron chi connectivity index (χ2n) is 5.53. The van der Waals surface area contributed by atoms with Gasteiger partial charge in [0.1, 0.15) is 12.4 Å². The van der Waals surface area contributed by atoms with Crippen LogP contribution in [0.5, 0.6) is 0 Å². The van der Waals surface area contributed by atoms with Crippen molar-refractivity contribution >= 4 is 0 Å². The van der Waals surface area contributed by atoms with E-state index in [-0.39, 0.29) is 43.7 Å². The molecule has 6 heteroatoms. The molecule has 0 aliphatic carbocycles. The molecule has 0 saturated carbocycles. The highest BCUT2D eigenvalue weighted by atomic mass is 16.6. The van der Waals surface area contributed by atoms with Gasteiger partial charge in [-0.05, 0) is 19.3 Å². The number of aliphatic hydroxyl groups excluding tert-OH is 4. The molecule has 2 aliphatic heterocycles. The molecular formula is C14H22O6. The summed E-state index contributed by atoms with van der Waals surface area (Å²) in [4.78, 5) is 0. The fourth-order valence-electron chi connectivity index (χ4n) is 2.97. The summed E-state index contributed by atoms with van der Waals surface area (Å²) < 4.78 is 10.7. The quantitative estimate of drug-likeness (QED) is 0.605. The molecule has 0 amide bonds. The standard InChI is InChI=1S/C14H22O6/c1-14(4-5-15,12-3-2-9(7-16)20-12)10-6-13(18)19-8-11(10)17/h6,9,12,15-18H,2-5,7-8H2,1H3/t9-,12+,14?/m0/s1. The van der Waals surface area contributed by atoms with Gasteiger partial charge in [0.2, 0.25) is 0 Å². The van der Waals surface area contributed by atoms with E-state index in [9.17, 15) is 20.4 Å². The summed E-state index contributed by atoms with van der Waals surface area (Å²) in [5.41, 5.74) is -0.112. The first kappa shape index (κ1) is 15.2. The average Bonchev–Trinajstić information content (AvgIpc) is 2.91. The Hall–Kier alpha value is -1.24. The van der Waals surface area contributed by atoms with Crippen LogP contribution < -0.4 is 0 Å². The Morgan fingerprint density at radius 2 is 2.05 bits per heavy atom. The minimum atomic E-state index is -0.638. The van der Waals surface area contributed by atoms with E-state index in [1.165, 1.54) is 6.08 Å². The van der Waals surface area contributed by atoms with Crippen molar-refractivity contribution in [3.63, 3.8) is 0 Å². The fraction of sp³-hybridized carbons (Fsp3) is 0.714. The van der Waals surface area contributed by atoms with Gasteiger partial charge < -0.3 is 29.9 Å². The molecule has 20 heavy (non-hydrogen) atoms. The lowest BCUT2D eigenvalue weighted by Gasteiger charge is -2.37. The highest BCUT2D eigenvalue weighted by Crippen LogP contribution is 2.44. The van der Waals surface area contributed by atoms with Crippen LogP contribution in [0.3, 0.4) is 0 Å². The Balaban J connectivity index is 2.30. The molecule has 0 radical (unpaired) electrons. The summed E-state index contributed by atoms with van der Waals surface area (Å²) in [5, 5.41) is 38.1. The number of rotatable bonds is 5. The largest absolute Gasteiger partial charge is 0.508 e. The monoisotopic (exact) mass is 286 g/mol. The van der Waals surface area contributed by atoms with E-state index in [0.717, 1.165) is 12.8 Å². The summed E-state index contributed by atoms with van der Waals surface area (Å²) in [6.45, 7) is 1.69. The van der Waals surface area contributed by atoms with Crippen LogP contribution in [0.2, 0.25) is 0 Å². The molecule has 3 atom stereocenters. The van der Waals surface area contributed by atoms with Gasteiger partial charge in [-0.2, -0.15) is 0 Å². The zero-order valence-corrected chi connectivity index (χ0v) is 11.6. The van der Waals surface area contributed by atoms with E-state index in [1.54, 1.807) is 0 Å². The van der Waals surface area contributed by atoms with Crippen molar-refractivity contribution in [3.05, 3.63) is 23.4 Å². The fourth-order valence-corrected chi connectivity index (χ4v) is 2.97. The first-order valence-corrected chi connectivity index (χ1v) is 6.84. The highest BCUT2D eigenvalue weighted by Gasteiger charge is 2.44. The molecular weight excluding hydrogens is 264 g/mol. The van der Waals surface area contributed by atoms with E-state index in [4.69, 9.17) is 9.47 Å². The van der Waals surface area contributed by atoms with Crippen molar-refractivity contribution < 1.29 is 29.9 Å². The summed E-state index contributed by atoms with van der Waals surface area (Å²) in [6, 6.07) is 0. The van der Waals surface area contributed by atoms with Crippen molar-refractivity contribution in [1.29, 1.82) is 0 Å². The summed E-state index contributed by atoms with van der Waals surface area (Å²) in [5.74, 6) is -0.214. The van der Waals surface area contributed by atoms with Crippen molar-refractivity contribution in [3.8, 4) is 0 Å². The van der Waals surface area contributed by atoms with Crippen LogP contribution in [-0.2, 0) is 9.47 Å². The van der Waals surface area contributed by atoms with Crippen LogP contribution in [0.4, 0.5) is 0 Å². The zero-order valence-electron chi connectivity index (χ0n) is 11.6. The molecule has 1 fully saturated rings. The van der Waals surface area contributed by atoms with Gasteiger partial charge in [-0.15, -0.1) is 0 Å². The number of hydrogen-bond donors (Lipinski definition) is 4. The Labute approximate surface area is 117 Å². The Kier molecular flexibility index (Phi) is 4.57. The number of hydrogen-bond acceptors (Lipinski definition) is 6. The van der Waals surface area contributed by atoms with Gasteiger partial charge in [-0.1, -0.05) is 6.92 Å². The first-order valence-electron chi connectivity index (χ1n) is 6.84. The maximum Gasteiger partial charge on any atom is 0.277 e. The third-order valence-corrected chi connectivity index (χ3v) is 4.20. The zero-order chi connectivity index (χ0) is 14.8.